The van der Waals surface area contributed by atoms with Gasteiger partial charge in [-0.1, -0.05) is 63.6 Å². The molecule has 10 nitrogen and oxygen atoms in total. The number of aryl methyl sites for hydroxylation is 2. The Bertz CT molecular complexity index is 1910. The van der Waals surface area contributed by atoms with E-state index in [4.69, 9.17) is 10.5 Å². The predicted molar refractivity (Wildman–Crippen MR) is 190 cm³/mol. The third kappa shape index (κ3) is 7.53. The Labute approximate surface area is 296 Å². The molecular formula is C38H46F3N7O3. The normalized spacial score (nSPS) is 19.7. The molecule has 4 N–H and O–H groups in total. The van der Waals surface area contributed by atoms with Crippen LogP contribution in [0.25, 0.3) is 16.8 Å². The summed E-state index contributed by atoms with van der Waals surface area (Å²) in [4.78, 5) is 22.1. The fourth-order valence-corrected chi connectivity index (χ4v) is 7.63. The summed E-state index contributed by atoms with van der Waals surface area (Å²) in [5, 5.41) is 17.4. The molecule has 4 heterocycles. The Balaban J connectivity index is 1.33. The number of aliphatic carboxylic acids is 1. The van der Waals surface area contributed by atoms with E-state index in [-0.39, 0.29) is 40.0 Å². The highest BCUT2D eigenvalue weighted by molar-refractivity contribution is 5.74. The van der Waals surface area contributed by atoms with Crippen molar-refractivity contribution < 1.29 is 27.8 Å². The summed E-state index contributed by atoms with van der Waals surface area (Å²) in [6.07, 6.45) is -2.87. The molecule has 3 atom stereocenters. The lowest BCUT2D eigenvalue weighted by molar-refractivity contribution is -0.198. The summed E-state index contributed by atoms with van der Waals surface area (Å²) < 4.78 is 52.3. The van der Waals surface area contributed by atoms with E-state index >= 15 is 13.2 Å². The maximum atomic E-state index is 15.0. The molecule has 272 valence electrons. The number of carboxylic acids is 1. The number of aromatic nitrogens is 4. The number of benzene rings is 2. The van der Waals surface area contributed by atoms with Crippen LogP contribution >= 0.6 is 0 Å². The van der Waals surface area contributed by atoms with Crippen LogP contribution in [-0.4, -0.2) is 62.2 Å². The van der Waals surface area contributed by atoms with E-state index in [2.05, 4.69) is 53.3 Å². The van der Waals surface area contributed by atoms with Crippen LogP contribution in [0.5, 0.6) is 5.88 Å². The van der Waals surface area contributed by atoms with E-state index in [9.17, 15) is 9.90 Å². The standard InChI is InChI=1S/C38H46F3N7O3/c1-7-30-37(21-28(43-30)34(49)50)11-14-47(15-12-37)31-20-32(45-35(42)44-31)51-33(38(39,40)41)27-9-8-24(19-29(27)48-13-10-23(3)46-48)25-16-22(2)17-26(18-25)36(4,5)6/h8-10,13,16-20,28,30,33,43H,7,11-12,14-15,21H2,1-6H3,(H,49,50)(H2,42,44,45)/t28?,30?,33-/m1/s1. The number of rotatable bonds is 8. The van der Waals surface area contributed by atoms with Gasteiger partial charge in [-0.2, -0.15) is 28.2 Å². The van der Waals surface area contributed by atoms with E-state index in [1.165, 1.54) is 16.8 Å². The second kappa shape index (κ2) is 13.5. The number of nitrogens with two attached hydrogens (primary N) is 1. The molecule has 6 rings (SSSR count). The first-order valence-corrected chi connectivity index (χ1v) is 17.4. The summed E-state index contributed by atoms with van der Waals surface area (Å²) in [7, 11) is 0. The van der Waals surface area contributed by atoms with Gasteiger partial charge in [-0.3, -0.25) is 4.79 Å². The van der Waals surface area contributed by atoms with Crippen molar-refractivity contribution >= 4 is 17.7 Å². The van der Waals surface area contributed by atoms with Crippen molar-refractivity contribution in [1.29, 1.82) is 0 Å². The lowest BCUT2D eigenvalue weighted by atomic mass is 9.71. The number of hydrogen-bond donors (Lipinski definition) is 3. The number of anilines is 2. The molecule has 0 radical (unpaired) electrons. The maximum Gasteiger partial charge on any atom is 0.429 e. The lowest BCUT2D eigenvalue weighted by Gasteiger charge is -2.43. The highest BCUT2D eigenvalue weighted by Crippen LogP contribution is 2.46. The highest BCUT2D eigenvalue weighted by Gasteiger charge is 2.50. The number of hydrogen-bond acceptors (Lipinski definition) is 8. The first kappa shape index (κ1) is 36.2. The number of piperidine rings is 1. The molecule has 0 saturated carbocycles. The number of nitrogen functional groups attached to an aromatic ring is 1. The molecule has 0 amide bonds. The van der Waals surface area contributed by atoms with Crippen LogP contribution in [0, 0.1) is 19.3 Å². The van der Waals surface area contributed by atoms with Crippen molar-refractivity contribution in [2.45, 2.75) is 97.0 Å². The van der Waals surface area contributed by atoms with Gasteiger partial charge in [-0.15, -0.1) is 0 Å². The van der Waals surface area contributed by atoms with Crippen molar-refractivity contribution in [3.63, 3.8) is 0 Å². The fraction of sp³-hybridized carbons (Fsp3) is 0.474. The van der Waals surface area contributed by atoms with Gasteiger partial charge >= 0.3 is 12.1 Å². The zero-order valence-electron chi connectivity index (χ0n) is 29.9. The Morgan fingerprint density at radius 1 is 1.06 bits per heavy atom. The summed E-state index contributed by atoms with van der Waals surface area (Å²) in [5.74, 6) is -1.02. The Kier molecular flexibility index (Phi) is 9.55. The summed E-state index contributed by atoms with van der Waals surface area (Å²) >= 11 is 0. The summed E-state index contributed by atoms with van der Waals surface area (Å²) in [6.45, 7) is 13.2. The fourth-order valence-electron chi connectivity index (χ4n) is 7.63. The zero-order valence-corrected chi connectivity index (χ0v) is 29.9. The number of ether oxygens (including phenoxy) is 1. The molecule has 2 aromatic heterocycles. The van der Waals surface area contributed by atoms with Crippen LogP contribution in [0.15, 0.2) is 54.7 Å². The minimum atomic E-state index is -4.83. The molecule has 2 fully saturated rings. The molecule has 1 spiro atoms. The third-order valence-electron chi connectivity index (χ3n) is 10.3. The molecule has 4 aromatic rings. The van der Waals surface area contributed by atoms with Gasteiger partial charge in [0.1, 0.15) is 11.9 Å². The minimum Gasteiger partial charge on any atom is -0.480 e. The average Bonchev–Trinajstić information content (AvgIpc) is 3.65. The highest BCUT2D eigenvalue weighted by atomic mass is 19.4. The largest absolute Gasteiger partial charge is 0.480 e. The van der Waals surface area contributed by atoms with E-state index in [1.54, 1.807) is 31.3 Å². The van der Waals surface area contributed by atoms with Crippen LogP contribution in [0.2, 0.25) is 0 Å². The molecular weight excluding hydrogens is 659 g/mol. The van der Waals surface area contributed by atoms with E-state index in [0.717, 1.165) is 28.7 Å². The molecule has 2 aliphatic heterocycles. The third-order valence-corrected chi connectivity index (χ3v) is 10.3. The van der Waals surface area contributed by atoms with Crippen LogP contribution in [0.3, 0.4) is 0 Å². The van der Waals surface area contributed by atoms with Gasteiger partial charge in [0.05, 0.1) is 11.4 Å². The van der Waals surface area contributed by atoms with Gasteiger partial charge in [0.25, 0.3) is 0 Å². The van der Waals surface area contributed by atoms with E-state index in [1.807, 2.05) is 24.8 Å². The second-order valence-electron chi connectivity index (χ2n) is 15.0. The quantitative estimate of drug-likeness (QED) is 0.173. The van der Waals surface area contributed by atoms with Crippen LogP contribution < -0.4 is 20.7 Å². The molecule has 2 saturated heterocycles. The van der Waals surface area contributed by atoms with Crippen molar-refractivity contribution in [2.24, 2.45) is 5.41 Å². The van der Waals surface area contributed by atoms with Crippen molar-refractivity contribution in [1.82, 2.24) is 25.1 Å². The number of alkyl halides is 3. The second-order valence-corrected chi connectivity index (χ2v) is 15.0. The van der Waals surface area contributed by atoms with E-state index < -0.39 is 24.3 Å². The lowest BCUT2D eigenvalue weighted by Crippen LogP contribution is -2.46. The first-order chi connectivity index (χ1) is 24.0. The van der Waals surface area contributed by atoms with Gasteiger partial charge in [0, 0.05) is 37.0 Å². The van der Waals surface area contributed by atoms with Gasteiger partial charge in [0.2, 0.25) is 17.9 Å². The smallest absolute Gasteiger partial charge is 0.429 e. The number of nitrogens with zero attached hydrogens (tertiary/aromatic N) is 5. The molecule has 51 heavy (non-hydrogen) atoms. The Hall–Kier alpha value is -4.65. The van der Waals surface area contributed by atoms with Crippen molar-refractivity contribution in [3.8, 4) is 22.7 Å². The van der Waals surface area contributed by atoms with E-state index in [0.29, 0.717) is 43.9 Å². The Morgan fingerprint density at radius 3 is 2.39 bits per heavy atom. The summed E-state index contributed by atoms with van der Waals surface area (Å²) in [6, 6.07) is 13.6. The number of carbonyl (C=O) groups is 1. The molecule has 0 aliphatic carbocycles. The van der Waals surface area contributed by atoms with Crippen molar-refractivity contribution in [2.75, 3.05) is 23.7 Å². The molecule has 0 bridgehead atoms. The summed E-state index contributed by atoms with van der Waals surface area (Å²) in [5.41, 5.74) is 10.3. The molecule has 2 aromatic carbocycles. The van der Waals surface area contributed by atoms with Crippen LogP contribution in [0.1, 0.15) is 81.9 Å². The maximum absolute atomic E-state index is 15.0. The van der Waals surface area contributed by atoms with Gasteiger partial charge in [0.15, 0.2) is 0 Å². The van der Waals surface area contributed by atoms with Gasteiger partial charge < -0.3 is 25.8 Å². The first-order valence-electron chi connectivity index (χ1n) is 17.4. The predicted octanol–water partition coefficient (Wildman–Crippen LogP) is 7.32. The van der Waals surface area contributed by atoms with Gasteiger partial charge in [-0.05, 0) is 79.2 Å². The minimum absolute atomic E-state index is 0.0632. The van der Waals surface area contributed by atoms with Gasteiger partial charge in [-0.25, -0.2) is 4.68 Å². The monoisotopic (exact) mass is 705 g/mol. The van der Waals surface area contributed by atoms with Crippen molar-refractivity contribution in [3.05, 3.63) is 77.1 Å². The number of nitrogens with one attached hydrogen (secondary N) is 1. The zero-order chi connectivity index (χ0) is 36.9. The van der Waals surface area contributed by atoms with Crippen LogP contribution in [0.4, 0.5) is 24.9 Å². The average molecular weight is 706 g/mol. The number of carboxylic acid groups (broad SMARTS) is 1. The molecule has 13 heteroatoms. The topological polar surface area (TPSA) is 131 Å². The van der Waals surface area contributed by atoms with Crippen LogP contribution in [-0.2, 0) is 10.2 Å². The molecule has 2 aliphatic rings. The Morgan fingerprint density at radius 2 is 1.78 bits per heavy atom. The SMILES string of the molecule is CCC1NC(C(=O)O)CC12CCN(c1cc(O[C@H](c3ccc(-c4cc(C)cc(C(C)(C)C)c4)cc3-n3ccc(C)n3)C(F)(F)F)nc(N)n1)CC2. The number of halogens is 3. The molecule has 2 unspecified atom stereocenters.